The van der Waals surface area contributed by atoms with E-state index in [2.05, 4.69) is 38.6 Å². The molecule has 168 valence electrons. The van der Waals surface area contributed by atoms with E-state index in [1.807, 2.05) is 24.3 Å². The first-order chi connectivity index (χ1) is 14.0. The Labute approximate surface area is 180 Å². The Kier molecular flexibility index (Phi) is 10.2. The highest BCUT2D eigenvalue weighted by Crippen LogP contribution is 2.37. The molecule has 1 aromatic rings. The number of hydrogen-bond donors (Lipinski definition) is 0. The average molecular weight is 439 g/mol. The first kappa shape index (κ1) is 25.9. The SMILES string of the molecule is COC(=O)/C=C(/COCc1ccc(OC)cc1)OC[C@H](C=O)O[Si](C)(C)C(C)(C)C. The lowest BCUT2D eigenvalue weighted by Gasteiger charge is -2.37. The fraction of sp³-hybridized carbons (Fsp3) is 0.545. The highest BCUT2D eigenvalue weighted by Gasteiger charge is 2.39. The van der Waals surface area contributed by atoms with Gasteiger partial charge in [-0.05, 0) is 35.8 Å². The van der Waals surface area contributed by atoms with Crippen LogP contribution in [-0.4, -0.2) is 54.1 Å². The van der Waals surface area contributed by atoms with Crippen molar-refractivity contribution in [2.75, 3.05) is 27.4 Å². The molecule has 0 aliphatic heterocycles. The molecule has 0 bridgehead atoms. The number of ether oxygens (including phenoxy) is 4. The third-order valence-corrected chi connectivity index (χ3v) is 9.49. The van der Waals surface area contributed by atoms with E-state index in [0.29, 0.717) is 6.61 Å². The number of esters is 1. The van der Waals surface area contributed by atoms with Crippen molar-refractivity contribution < 1.29 is 33.0 Å². The van der Waals surface area contributed by atoms with Crippen LogP contribution in [0.4, 0.5) is 0 Å². The number of rotatable bonds is 12. The minimum Gasteiger partial charge on any atom is -0.497 e. The summed E-state index contributed by atoms with van der Waals surface area (Å²) in [6, 6.07) is 7.46. The van der Waals surface area contributed by atoms with Crippen molar-refractivity contribution in [3.63, 3.8) is 0 Å². The molecule has 30 heavy (non-hydrogen) atoms. The van der Waals surface area contributed by atoms with Crippen LogP contribution >= 0.6 is 0 Å². The molecule has 0 aliphatic rings. The topological polar surface area (TPSA) is 80.3 Å². The Bertz CT molecular complexity index is 705. The lowest BCUT2D eigenvalue weighted by molar-refractivity contribution is -0.135. The van der Waals surface area contributed by atoms with Crippen LogP contribution in [0.2, 0.25) is 18.1 Å². The monoisotopic (exact) mass is 438 g/mol. The van der Waals surface area contributed by atoms with Crippen molar-refractivity contribution in [2.24, 2.45) is 0 Å². The van der Waals surface area contributed by atoms with Crippen LogP contribution in [0.1, 0.15) is 26.3 Å². The lowest BCUT2D eigenvalue weighted by atomic mass is 10.2. The summed E-state index contributed by atoms with van der Waals surface area (Å²) in [4.78, 5) is 23.2. The number of carbonyl (C=O) groups excluding carboxylic acids is 2. The van der Waals surface area contributed by atoms with Gasteiger partial charge in [0, 0.05) is 0 Å². The fourth-order valence-electron chi connectivity index (χ4n) is 2.15. The molecule has 0 spiro atoms. The van der Waals surface area contributed by atoms with Gasteiger partial charge >= 0.3 is 5.97 Å². The van der Waals surface area contributed by atoms with E-state index >= 15 is 0 Å². The summed E-state index contributed by atoms with van der Waals surface area (Å²) in [5, 5.41) is -0.0412. The summed E-state index contributed by atoms with van der Waals surface area (Å²) in [5.74, 6) is 0.460. The minimum atomic E-state index is -2.14. The van der Waals surface area contributed by atoms with E-state index in [4.69, 9.17) is 18.6 Å². The predicted molar refractivity (Wildman–Crippen MR) is 117 cm³/mol. The van der Waals surface area contributed by atoms with E-state index in [-0.39, 0.29) is 24.0 Å². The van der Waals surface area contributed by atoms with Crippen molar-refractivity contribution >= 4 is 20.6 Å². The van der Waals surface area contributed by atoms with Crippen molar-refractivity contribution in [3.05, 3.63) is 41.7 Å². The van der Waals surface area contributed by atoms with Crippen molar-refractivity contribution in [1.82, 2.24) is 0 Å². The summed E-state index contributed by atoms with van der Waals surface area (Å²) in [6.07, 6.45) is 1.21. The average Bonchev–Trinajstić information content (AvgIpc) is 2.70. The van der Waals surface area contributed by atoms with Gasteiger partial charge in [0.2, 0.25) is 0 Å². The zero-order chi connectivity index (χ0) is 22.8. The lowest BCUT2D eigenvalue weighted by Crippen LogP contribution is -2.45. The molecule has 0 saturated carbocycles. The molecule has 0 amide bonds. The summed E-state index contributed by atoms with van der Waals surface area (Å²) < 4.78 is 27.2. The number of hydrogen-bond acceptors (Lipinski definition) is 7. The molecule has 0 saturated heterocycles. The van der Waals surface area contributed by atoms with Gasteiger partial charge in [0.1, 0.15) is 30.8 Å². The molecule has 0 heterocycles. The van der Waals surface area contributed by atoms with E-state index in [1.165, 1.54) is 13.2 Å². The Hall–Kier alpha value is -2.16. The van der Waals surface area contributed by atoms with E-state index < -0.39 is 20.4 Å². The van der Waals surface area contributed by atoms with Crippen molar-refractivity contribution in [3.8, 4) is 5.75 Å². The van der Waals surface area contributed by atoms with E-state index in [9.17, 15) is 9.59 Å². The summed E-state index contributed by atoms with van der Waals surface area (Å²) >= 11 is 0. The second-order valence-electron chi connectivity index (χ2n) is 8.34. The first-order valence-corrected chi connectivity index (χ1v) is 12.7. The zero-order valence-electron chi connectivity index (χ0n) is 19.0. The van der Waals surface area contributed by atoms with Gasteiger partial charge in [0.25, 0.3) is 0 Å². The van der Waals surface area contributed by atoms with Crippen LogP contribution < -0.4 is 4.74 Å². The van der Waals surface area contributed by atoms with Crippen LogP contribution in [0.3, 0.4) is 0 Å². The van der Waals surface area contributed by atoms with E-state index in [0.717, 1.165) is 17.6 Å². The molecule has 8 heteroatoms. The van der Waals surface area contributed by atoms with Gasteiger partial charge in [-0.25, -0.2) is 4.79 Å². The molecular weight excluding hydrogens is 404 g/mol. The number of benzene rings is 1. The van der Waals surface area contributed by atoms with Crippen LogP contribution in [-0.2, 0) is 34.8 Å². The number of aldehydes is 1. The maximum absolute atomic E-state index is 11.7. The summed E-state index contributed by atoms with van der Waals surface area (Å²) in [7, 11) is 0.745. The number of carbonyl (C=O) groups is 2. The largest absolute Gasteiger partial charge is 0.497 e. The summed E-state index contributed by atoms with van der Waals surface area (Å²) in [5.41, 5.74) is 0.945. The Morgan fingerprint density at radius 1 is 1.13 bits per heavy atom. The van der Waals surface area contributed by atoms with Gasteiger partial charge in [-0.15, -0.1) is 0 Å². The van der Waals surface area contributed by atoms with Crippen LogP contribution in [0.5, 0.6) is 5.75 Å². The minimum absolute atomic E-state index is 0.00919. The van der Waals surface area contributed by atoms with Crippen LogP contribution in [0, 0.1) is 0 Å². The highest BCUT2D eigenvalue weighted by atomic mass is 28.4. The standard InChI is InChI=1S/C22H34O7Si/c1-22(2,3)30(6,7)29-20(13-23)16-28-19(12-21(24)26-5)15-27-14-17-8-10-18(25-4)11-9-17/h8-13,20H,14-16H2,1-7H3/b19-12-/t20-/m0/s1. The van der Waals surface area contributed by atoms with Gasteiger partial charge in [-0.2, -0.15) is 0 Å². The molecule has 7 nitrogen and oxygen atoms in total. The normalized spacial score (nSPS) is 13.5. The predicted octanol–water partition coefficient (Wildman–Crippen LogP) is 3.87. The molecule has 0 fully saturated rings. The second kappa shape index (κ2) is 11.9. The first-order valence-electron chi connectivity index (χ1n) is 9.77. The Morgan fingerprint density at radius 2 is 1.77 bits per heavy atom. The van der Waals surface area contributed by atoms with Crippen molar-refractivity contribution in [1.29, 1.82) is 0 Å². The van der Waals surface area contributed by atoms with Gasteiger partial charge < -0.3 is 28.2 Å². The van der Waals surface area contributed by atoms with Gasteiger partial charge in [0.15, 0.2) is 14.6 Å². The third-order valence-electron chi connectivity index (χ3n) is 4.99. The molecule has 1 aromatic carbocycles. The molecule has 0 unspecified atom stereocenters. The van der Waals surface area contributed by atoms with Crippen molar-refractivity contribution in [2.45, 2.75) is 51.6 Å². The molecule has 0 N–H and O–H groups in total. The molecule has 0 aromatic heterocycles. The summed E-state index contributed by atoms with van der Waals surface area (Å²) in [6.45, 7) is 10.8. The Morgan fingerprint density at radius 3 is 2.27 bits per heavy atom. The quantitative estimate of drug-likeness (QED) is 0.161. The zero-order valence-corrected chi connectivity index (χ0v) is 20.0. The van der Waals surface area contributed by atoms with E-state index in [1.54, 1.807) is 7.11 Å². The maximum atomic E-state index is 11.7. The van der Waals surface area contributed by atoms with Crippen LogP contribution in [0.15, 0.2) is 36.1 Å². The van der Waals surface area contributed by atoms with Gasteiger partial charge in [-0.3, -0.25) is 0 Å². The Balaban J connectivity index is 2.70. The number of methoxy groups -OCH3 is 2. The van der Waals surface area contributed by atoms with Gasteiger partial charge in [0.05, 0.1) is 26.9 Å². The maximum Gasteiger partial charge on any atom is 0.333 e. The molecule has 0 radical (unpaired) electrons. The highest BCUT2D eigenvalue weighted by molar-refractivity contribution is 6.74. The van der Waals surface area contributed by atoms with Gasteiger partial charge in [-0.1, -0.05) is 32.9 Å². The third kappa shape index (κ3) is 8.69. The molecular formula is C22H34O7Si. The smallest absolute Gasteiger partial charge is 0.333 e. The second-order valence-corrected chi connectivity index (χ2v) is 13.1. The molecule has 1 rings (SSSR count). The fourth-order valence-corrected chi connectivity index (χ4v) is 3.39. The van der Waals surface area contributed by atoms with Crippen LogP contribution in [0.25, 0.3) is 0 Å². The molecule has 0 aliphatic carbocycles. The molecule has 1 atom stereocenters.